The minimum atomic E-state index is -4.92. The van der Waals surface area contributed by atoms with Gasteiger partial charge in [0.2, 0.25) is 0 Å². The van der Waals surface area contributed by atoms with Crippen molar-refractivity contribution >= 4 is 34.0 Å². The Kier molecular flexibility index (Phi) is 25.4. The van der Waals surface area contributed by atoms with Gasteiger partial charge in [-0.05, 0) is 30.3 Å². The zero-order valence-corrected chi connectivity index (χ0v) is 25.7. The third-order valence-corrected chi connectivity index (χ3v) is 5.47. The number of hydrogen-bond donors (Lipinski definition) is 11. The number of carboxylic acids is 4. The number of rotatable bonds is 12. The van der Waals surface area contributed by atoms with E-state index in [-0.39, 0.29) is 56.2 Å². The van der Waals surface area contributed by atoms with Crippen LogP contribution in [0.4, 0.5) is 0 Å². The third-order valence-electron chi connectivity index (χ3n) is 4.52. The monoisotopic (exact) mass is 684 g/mol. The molecular weight excluding hydrogens is 644 g/mol. The second kappa shape index (κ2) is 25.2. The van der Waals surface area contributed by atoms with Crippen molar-refractivity contribution in [2.45, 2.75) is 18.7 Å². The van der Waals surface area contributed by atoms with E-state index in [1.807, 2.05) is 0 Å². The van der Waals surface area contributed by atoms with Crippen LogP contribution in [0.3, 0.4) is 0 Å². The summed E-state index contributed by atoms with van der Waals surface area (Å²) in [5, 5.41) is 82.6. The fourth-order valence-electron chi connectivity index (χ4n) is 2.22. The van der Waals surface area contributed by atoms with Crippen LogP contribution in [-0.2, 0) is 14.9 Å². The molecule has 0 bridgehead atoms. The van der Waals surface area contributed by atoms with Crippen molar-refractivity contribution in [3.05, 3.63) is 64.7 Å². The molecule has 0 heterocycles. The molecule has 0 unspecified atom stereocenters. The Bertz CT molecular complexity index is 1230. The molecule has 19 heteroatoms. The maximum Gasteiger partial charge on any atom is 0.337 e. The number of carbonyl (C=O) groups is 4. The molecule has 2 aromatic rings. The molecule has 0 saturated heterocycles. The lowest BCUT2D eigenvalue weighted by molar-refractivity contribution is 0.0650. The van der Waals surface area contributed by atoms with E-state index in [4.69, 9.17) is 55.6 Å². The molecule has 18 nitrogen and oxygen atoms in total. The first-order valence-corrected chi connectivity index (χ1v) is 14.1. The fraction of sp³-hybridized carbons (Fsp3) is 0.407. The van der Waals surface area contributed by atoms with Crippen LogP contribution in [0.25, 0.3) is 0 Å². The van der Waals surface area contributed by atoms with Gasteiger partial charge in [-0.1, -0.05) is 26.0 Å². The molecule has 0 atom stereocenters. The highest BCUT2D eigenvalue weighted by Gasteiger charge is 2.27. The predicted molar refractivity (Wildman–Crippen MR) is 158 cm³/mol. The van der Waals surface area contributed by atoms with Crippen LogP contribution in [0.5, 0.6) is 0 Å². The third kappa shape index (κ3) is 21.6. The molecule has 46 heavy (non-hydrogen) atoms. The van der Waals surface area contributed by atoms with E-state index in [1.54, 1.807) is 13.8 Å². The van der Waals surface area contributed by atoms with Crippen molar-refractivity contribution < 1.29 is 88.0 Å². The number of aromatic carboxylic acids is 4. The number of aliphatic hydroxyl groups is 6. The van der Waals surface area contributed by atoms with Crippen molar-refractivity contribution in [2.24, 2.45) is 5.41 Å². The summed E-state index contributed by atoms with van der Waals surface area (Å²) in [5.41, 5.74) is -1.92. The second-order valence-corrected chi connectivity index (χ2v) is 10.3. The molecule has 2 rings (SSSR count). The number of carboxylic acid groups (broad SMARTS) is 4. The van der Waals surface area contributed by atoms with E-state index >= 15 is 0 Å². The van der Waals surface area contributed by atoms with Crippen LogP contribution in [0.1, 0.15) is 55.3 Å². The summed E-state index contributed by atoms with van der Waals surface area (Å²) in [4.78, 5) is 41.0. The first-order valence-electron chi connectivity index (χ1n) is 12.7. The van der Waals surface area contributed by atoms with Gasteiger partial charge >= 0.3 is 23.9 Å². The van der Waals surface area contributed by atoms with Gasteiger partial charge < -0.3 is 55.8 Å². The van der Waals surface area contributed by atoms with Crippen molar-refractivity contribution in [2.75, 3.05) is 52.9 Å². The molecule has 0 spiro atoms. The standard InChI is InChI=1S/C8H6O7S.C8H6O4.C5H12O2.C4H10O3.C2H6O2/c9-7(10)4-2-1-3-5(8(11)12)6(4)16(13,14)15;9-7(10)5-2-1-3-6(4-5)8(11)12;1-5(2,3-6)4-7;5-1-3-7-4-2-6;3-1-2-4/h1-3H,(H,9,10)(H,11,12)(H,13,14,15);1-4H,(H,9,10)(H,11,12);6-7H,3-4H2,1-2H3;5-6H,1-4H2;3-4H,1-2H2. The van der Waals surface area contributed by atoms with Gasteiger partial charge in [0, 0.05) is 5.41 Å². The van der Waals surface area contributed by atoms with Crippen LogP contribution in [0.2, 0.25) is 0 Å². The zero-order chi connectivity index (χ0) is 36.5. The van der Waals surface area contributed by atoms with Crippen molar-refractivity contribution in [3.8, 4) is 0 Å². The van der Waals surface area contributed by atoms with Gasteiger partial charge in [0.15, 0.2) is 0 Å². The molecule has 0 amide bonds. The summed E-state index contributed by atoms with van der Waals surface area (Å²) in [6.07, 6.45) is 0. The van der Waals surface area contributed by atoms with Gasteiger partial charge in [0.1, 0.15) is 4.90 Å². The molecule has 0 aliphatic heterocycles. The molecule has 2 aromatic carbocycles. The highest BCUT2D eigenvalue weighted by atomic mass is 32.2. The summed E-state index contributed by atoms with van der Waals surface area (Å²) in [5.74, 6) is -5.54. The van der Waals surface area contributed by atoms with Gasteiger partial charge in [0.25, 0.3) is 10.1 Å². The smallest absolute Gasteiger partial charge is 0.337 e. The van der Waals surface area contributed by atoms with Gasteiger partial charge in [-0.25, -0.2) is 19.2 Å². The Morgan fingerprint density at radius 1 is 0.630 bits per heavy atom. The van der Waals surface area contributed by atoms with E-state index in [2.05, 4.69) is 4.74 Å². The Morgan fingerprint density at radius 2 is 0.978 bits per heavy atom. The largest absolute Gasteiger partial charge is 0.478 e. The normalized spacial score (nSPS) is 10.2. The average Bonchev–Trinajstić information content (AvgIpc) is 3.01. The van der Waals surface area contributed by atoms with Crippen LogP contribution in [-0.4, -0.2) is 141 Å². The molecule has 0 aliphatic carbocycles. The molecule has 0 fully saturated rings. The van der Waals surface area contributed by atoms with E-state index in [1.165, 1.54) is 18.2 Å². The van der Waals surface area contributed by atoms with Crippen LogP contribution in [0.15, 0.2) is 47.4 Å². The van der Waals surface area contributed by atoms with Gasteiger partial charge in [-0.15, -0.1) is 0 Å². The lowest BCUT2D eigenvalue weighted by Gasteiger charge is -2.16. The molecule has 0 radical (unpaired) electrons. The van der Waals surface area contributed by atoms with Crippen LogP contribution >= 0.6 is 0 Å². The van der Waals surface area contributed by atoms with E-state index in [9.17, 15) is 27.6 Å². The molecule has 11 N–H and O–H groups in total. The summed E-state index contributed by atoms with van der Waals surface area (Å²) < 4.78 is 35.3. The maximum atomic E-state index is 10.9. The first-order chi connectivity index (χ1) is 21.3. The van der Waals surface area contributed by atoms with E-state index < -0.39 is 50.0 Å². The van der Waals surface area contributed by atoms with E-state index in [0.29, 0.717) is 13.2 Å². The first kappa shape index (κ1) is 46.4. The van der Waals surface area contributed by atoms with Gasteiger partial charge in [-0.3, -0.25) is 4.55 Å². The van der Waals surface area contributed by atoms with Gasteiger partial charge in [-0.2, -0.15) is 8.42 Å². The maximum absolute atomic E-state index is 10.9. The van der Waals surface area contributed by atoms with E-state index in [0.717, 1.165) is 24.3 Å². The lowest BCUT2D eigenvalue weighted by Crippen LogP contribution is -2.20. The summed E-state index contributed by atoms with van der Waals surface area (Å²) in [6.45, 7) is 4.13. The van der Waals surface area contributed by atoms with Crippen molar-refractivity contribution in [1.82, 2.24) is 0 Å². The Labute approximate surface area is 263 Å². The molecule has 0 saturated carbocycles. The molecule has 262 valence electrons. The number of benzene rings is 2. The number of hydrogen-bond acceptors (Lipinski definition) is 13. The van der Waals surface area contributed by atoms with Crippen molar-refractivity contribution in [1.29, 1.82) is 0 Å². The highest BCUT2D eigenvalue weighted by molar-refractivity contribution is 7.86. The molecular formula is C27H40O18S. The van der Waals surface area contributed by atoms with Crippen molar-refractivity contribution in [3.63, 3.8) is 0 Å². The summed E-state index contributed by atoms with van der Waals surface area (Å²) in [6, 6.07) is 8.04. The summed E-state index contributed by atoms with van der Waals surface area (Å²) in [7, 11) is -4.92. The predicted octanol–water partition coefficient (Wildman–Crippen LogP) is -0.631. The quantitative estimate of drug-likeness (QED) is 0.0978. The lowest BCUT2D eigenvalue weighted by atomic mass is 9.97. The minimum Gasteiger partial charge on any atom is -0.478 e. The molecule has 0 aliphatic rings. The SMILES string of the molecule is CC(C)(CO)CO.O=C(O)c1cccc(C(=O)O)c1.O=C(O)c1cccc(C(=O)O)c1S(=O)(=O)O.OCCO.OCCOCCO. The Morgan fingerprint density at radius 3 is 1.20 bits per heavy atom. The minimum absolute atomic E-state index is 0.0186. The second-order valence-electron chi connectivity index (χ2n) is 8.95. The fourth-order valence-corrected chi connectivity index (χ4v) is 3.08. The highest BCUT2D eigenvalue weighted by Crippen LogP contribution is 2.21. The van der Waals surface area contributed by atoms with Crippen LogP contribution < -0.4 is 0 Å². The van der Waals surface area contributed by atoms with Crippen LogP contribution in [0, 0.1) is 5.41 Å². The summed E-state index contributed by atoms with van der Waals surface area (Å²) >= 11 is 0. The Hall–Kier alpha value is -4.05. The molecule has 0 aromatic heterocycles. The topological polar surface area (TPSA) is 334 Å². The number of ether oxygens (including phenoxy) is 1. The average molecular weight is 685 g/mol. The zero-order valence-electron chi connectivity index (χ0n) is 24.9. The van der Waals surface area contributed by atoms with Gasteiger partial charge in [0.05, 0.1) is 75.1 Å². The number of aliphatic hydroxyl groups excluding tert-OH is 6. The Balaban J connectivity index is -0.000000544.